The molecule has 0 radical (unpaired) electrons. The minimum atomic E-state index is -0.465. The third-order valence-corrected chi connectivity index (χ3v) is 6.77. The van der Waals surface area contributed by atoms with E-state index in [9.17, 15) is 14.0 Å². The Morgan fingerprint density at radius 1 is 1.08 bits per heavy atom. The molecule has 39 heavy (non-hydrogen) atoms. The molecule has 4 aromatic rings. The number of pyridine rings is 1. The molecule has 5 rings (SSSR count). The largest absolute Gasteiger partial charge is 0.465 e. The summed E-state index contributed by atoms with van der Waals surface area (Å²) in [5, 5.41) is 6.56. The zero-order chi connectivity index (χ0) is 27.4. The number of anilines is 1. The molecule has 0 saturated carbocycles. The van der Waals surface area contributed by atoms with E-state index in [2.05, 4.69) is 15.6 Å². The summed E-state index contributed by atoms with van der Waals surface area (Å²) in [6.07, 6.45) is 1.83. The first-order chi connectivity index (χ1) is 18.9. The van der Waals surface area contributed by atoms with Crippen molar-refractivity contribution in [2.24, 2.45) is 0 Å². The number of nitrogens with one attached hydrogen (secondary N) is 2. The molecule has 2 aromatic heterocycles. The number of amides is 1. The van der Waals surface area contributed by atoms with Crippen molar-refractivity contribution in [3.63, 3.8) is 0 Å². The highest BCUT2D eigenvalue weighted by Gasteiger charge is 2.41. The minimum Gasteiger partial charge on any atom is -0.465 e. The van der Waals surface area contributed by atoms with Gasteiger partial charge >= 0.3 is 5.97 Å². The quantitative estimate of drug-likeness (QED) is 0.229. The average Bonchev–Trinajstić information content (AvgIpc) is 3.57. The van der Waals surface area contributed by atoms with Crippen LogP contribution in [0.3, 0.4) is 0 Å². The number of rotatable bonds is 8. The first-order valence-electron chi connectivity index (χ1n) is 12.3. The number of halogens is 1. The third-order valence-electron chi connectivity index (χ3n) is 6.42. The molecule has 198 valence electrons. The normalized spacial score (nSPS) is 16.6. The summed E-state index contributed by atoms with van der Waals surface area (Å²) in [6.45, 7) is 0.293. The Morgan fingerprint density at radius 3 is 2.59 bits per heavy atom. The van der Waals surface area contributed by atoms with Crippen molar-refractivity contribution < 1.29 is 23.1 Å². The van der Waals surface area contributed by atoms with Gasteiger partial charge in [-0.3, -0.25) is 9.78 Å². The van der Waals surface area contributed by atoms with Crippen LogP contribution in [0, 0.1) is 5.82 Å². The molecule has 10 heteroatoms. The van der Waals surface area contributed by atoms with Crippen LogP contribution in [0.5, 0.6) is 0 Å². The number of esters is 1. The van der Waals surface area contributed by atoms with Crippen LogP contribution < -0.4 is 10.6 Å². The second-order valence-electron chi connectivity index (χ2n) is 8.86. The minimum absolute atomic E-state index is 0.128. The van der Waals surface area contributed by atoms with Gasteiger partial charge in [0.05, 0.1) is 24.4 Å². The summed E-state index contributed by atoms with van der Waals surface area (Å²) in [6, 6.07) is 21.1. The van der Waals surface area contributed by atoms with Crippen LogP contribution in [0.2, 0.25) is 0 Å². The van der Waals surface area contributed by atoms with Crippen molar-refractivity contribution in [3.8, 4) is 11.3 Å². The molecule has 3 heterocycles. The van der Waals surface area contributed by atoms with E-state index >= 15 is 0 Å². The second kappa shape index (κ2) is 11.4. The number of carbonyl (C=O) groups is 2. The number of nitrogens with zero attached hydrogens (tertiary/aromatic N) is 2. The number of aromatic nitrogens is 1. The van der Waals surface area contributed by atoms with Crippen LogP contribution in [-0.2, 0) is 9.53 Å². The molecule has 0 bridgehead atoms. The smallest absolute Gasteiger partial charge is 0.338 e. The fourth-order valence-electron chi connectivity index (χ4n) is 4.58. The van der Waals surface area contributed by atoms with Crippen LogP contribution >= 0.6 is 12.2 Å². The average molecular weight is 545 g/mol. The molecule has 8 nitrogen and oxygen atoms in total. The maximum absolute atomic E-state index is 13.2. The predicted molar refractivity (Wildman–Crippen MR) is 147 cm³/mol. The van der Waals surface area contributed by atoms with E-state index in [-0.39, 0.29) is 24.2 Å². The summed E-state index contributed by atoms with van der Waals surface area (Å²) >= 11 is 5.67. The molecule has 2 N–H and O–H groups in total. The summed E-state index contributed by atoms with van der Waals surface area (Å²) in [5.74, 6) is 0.00475. The van der Waals surface area contributed by atoms with Crippen molar-refractivity contribution in [3.05, 3.63) is 108 Å². The van der Waals surface area contributed by atoms with Crippen molar-refractivity contribution in [1.29, 1.82) is 0 Å². The van der Waals surface area contributed by atoms with Crippen LogP contribution in [0.25, 0.3) is 11.3 Å². The number of ether oxygens (including phenoxy) is 1. The second-order valence-corrected chi connectivity index (χ2v) is 9.25. The third kappa shape index (κ3) is 5.65. The lowest BCUT2D eigenvalue weighted by Crippen LogP contribution is -2.32. The number of hydrogen-bond donors (Lipinski definition) is 2. The molecule has 1 fully saturated rings. The fraction of sp³-hybridized carbons (Fsp3) is 0.172. The van der Waals surface area contributed by atoms with E-state index in [1.54, 1.807) is 30.5 Å². The highest BCUT2D eigenvalue weighted by molar-refractivity contribution is 7.80. The Hall–Kier alpha value is -4.57. The number of thiocarbonyl (C=S) groups is 1. The summed E-state index contributed by atoms with van der Waals surface area (Å²) in [7, 11) is 1.33. The van der Waals surface area contributed by atoms with Gasteiger partial charge in [0.2, 0.25) is 5.91 Å². The molecule has 2 atom stereocenters. The van der Waals surface area contributed by atoms with Gasteiger partial charge in [-0.05, 0) is 66.8 Å². The molecule has 2 aromatic carbocycles. The summed E-state index contributed by atoms with van der Waals surface area (Å²) < 4.78 is 24.5. The molecule has 1 aliphatic rings. The summed E-state index contributed by atoms with van der Waals surface area (Å²) in [4.78, 5) is 31.4. The van der Waals surface area contributed by atoms with E-state index in [4.69, 9.17) is 21.4 Å². The van der Waals surface area contributed by atoms with Gasteiger partial charge in [-0.15, -0.1) is 0 Å². The van der Waals surface area contributed by atoms with Gasteiger partial charge in [0.15, 0.2) is 5.11 Å². The van der Waals surface area contributed by atoms with Gasteiger partial charge in [0, 0.05) is 30.4 Å². The maximum atomic E-state index is 13.2. The Labute approximate surface area is 229 Å². The molecule has 0 spiro atoms. The van der Waals surface area contributed by atoms with Crippen molar-refractivity contribution in [2.45, 2.75) is 18.5 Å². The highest BCUT2D eigenvalue weighted by atomic mass is 32.1. The zero-order valence-corrected chi connectivity index (χ0v) is 21.8. The Kier molecular flexibility index (Phi) is 7.64. The first-order valence-corrected chi connectivity index (χ1v) is 12.7. The van der Waals surface area contributed by atoms with Crippen molar-refractivity contribution >= 4 is 34.9 Å². The molecule has 1 amide bonds. The monoisotopic (exact) mass is 544 g/mol. The lowest BCUT2D eigenvalue weighted by molar-refractivity contribution is -0.116. The fourth-order valence-corrected chi connectivity index (χ4v) is 4.91. The van der Waals surface area contributed by atoms with Crippen LogP contribution in [-0.4, -0.2) is 40.5 Å². The van der Waals surface area contributed by atoms with Gasteiger partial charge in [0.25, 0.3) is 0 Å². The van der Waals surface area contributed by atoms with Gasteiger partial charge in [0.1, 0.15) is 23.4 Å². The molecule has 1 saturated heterocycles. The maximum Gasteiger partial charge on any atom is 0.338 e. The lowest BCUT2D eigenvalue weighted by Gasteiger charge is -2.25. The molecule has 0 unspecified atom stereocenters. The van der Waals surface area contributed by atoms with Gasteiger partial charge in [-0.1, -0.05) is 24.3 Å². The van der Waals surface area contributed by atoms with Gasteiger partial charge in [-0.2, -0.15) is 0 Å². The molecular formula is C29H25FN4O4S. The number of methoxy groups -OCH3 is 1. The molecule has 0 aliphatic carbocycles. The van der Waals surface area contributed by atoms with Crippen LogP contribution in [0.4, 0.5) is 10.1 Å². The van der Waals surface area contributed by atoms with Crippen molar-refractivity contribution in [2.75, 3.05) is 19.0 Å². The van der Waals surface area contributed by atoms with E-state index in [1.807, 2.05) is 35.2 Å². The SMILES string of the molecule is COC(=O)c1ccccc1-c1ccc([C@@H]2[C@@H](c3ccccn3)NC(=S)N2CCC(=O)Nc2ccc(F)cc2)o1. The predicted octanol–water partition coefficient (Wildman–Crippen LogP) is 5.27. The van der Waals surface area contributed by atoms with Crippen LogP contribution in [0.1, 0.15) is 40.3 Å². The number of carbonyl (C=O) groups excluding carboxylic acids is 2. The molecule has 1 aliphatic heterocycles. The molecular weight excluding hydrogens is 519 g/mol. The topological polar surface area (TPSA) is 96.7 Å². The highest BCUT2D eigenvalue weighted by Crippen LogP contribution is 2.41. The Morgan fingerprint density at radius 2 is 1.85 bits per heavy atom. The van der Waals surface area contributed by atoms with E-state index in [0.717, 1.165) is 5.69 Å². The van der Waals surface area contributed by atoms with E-state index in [1.165, 1.54) is 31.4 Å². The van der Waals surface area contributed by atoms with Gasteiger partial charge in [-0.25, -0.2) is 9.18 Å². The first kappa shape index (κ1) is 26.1. The van der Waals surface area contributed by atoms with Gasteiger partial charge < -0.3 is 24.7 Å². The van der Waals surface area contributed by atoms with E-state index < -0.39 is 12.0 Å². The van der Waals surface area contributed by atoms with Crippen LogP contribution in [0.15, 0.2) is 89.5 Å². The zero-order valence-electron chi connectivity index (χ0n) is 21.0. The van der Waals surface area contributed by atoms with E-state index in [0.29, 0.717) is 40.0 Å². The lowest BCUT2D eigenvalue weighted by atomic mass is 10.0. The number of hydrogen-bond acceptors (Lipinski definition) is 6. The van der Waals surface area contributed by atoms with Crippen molar-refractivity contribution in [1.82, 2.24) is 15.2 Å². The number of furan rings is 1. The Bertz CT molecular complexity index is 1490. The summed E-state index contributed by atoms with van der Waals surface area (Å²) in [5.41, 5.74) is 2.25. The standard InChI is InChI=1S/C29H25FN4O4S/c1-37-28(36)21-7-3-2-6-20(21)23-13-14-24(38-23)27-26(22-8-4-5-16-31-22)33-29(39)34(27)17-15-25(35)32-19-11-9-18(30)10-12-19/h2-14,16,26-27H,15,17H2,1H3,(H,32,35)(H,33,39)/t26-,27-/m1/s1. The number of benzene rings is 2. The Balaban J connectivity index is 1.42.